The zero-order valence-corrected chi connectivity index (χ0v) is 13.8. The SMILES string of the molecule is CCCCN(CC1(CNCC)CCCC1)C(C)CC. The van der Waals surface area contributed by atoms with Crippen molar-refractivity contribution in [3.05, 3.63) is 0 Å². The van der Waals surface area contributed by atoms with Gasteiger partial charge in [0.15, 0.2) is 0 Å². The van der Waals surface area contributed by atoms with E-state index in [0.29, 0.717) is 5.41 Å². The molecule has 1 unspecified atom stereocenters. The van der Waals surface area contributed by atoms with E-state index >= 15 is 0 Å². The number of nitrogens with one attached hydrogen (secondary N) is 1. The molecular weight excluding hydrogens is 232 g/mol. The van der Waals surface area contributed by atoms with Crippen molar-refractivity contribution in [1.82, 2.24) is 10.2 Å². The van der Waals surface area contributed by atoms with Gasteiger partial charge in [-0.25, -0.2) is 0 Å². The lowest BCUT2D eigenvalue weighted by molar-refractivity contribution is 0.111. The second-order valence-corrected chi connectivity index (χ2v) is 6.57. The van der Waals surface area contributed by atoms with Gasteiger partial charge in [0, 0.05) is 19.1 Å². The monoisotopic (exact) mass is 268 g/mol. The average molecular weight is 268 g/mol. The smallest absolute Gasteiger partial charge is 0.00645 e. The van der Waals surface area contributed by atoms with Crippen LogP contribution < -0.4 is 5.32 Å². The molecule has 0 heterocycles. The Kier molecular flexibility index (Phi) is 8.01. The third kappa shape index (κ3) is 5.43. The summed E-state index contributed by atoms with van der Waals surface area (Å²) < 4.78 is 0. The molecule has 0 saturated heterocycles. The minimum absolute atomic E-state index is 0.563. The van der Waals surface area contributed by atoms with E-state index in [9.17, 15) is 0 Å². The van der Waals surface area contributed by atoms with E-state index in [1.165, 1.54) is 64.6 Å². The fourth-order valence-corrected chi connectivity index (χ4v) is 3.41. The Morgan fingerprint density at radius 2 is 1.84 bits per heavy atom. The molecule has 1 aliphatic rings. The van der Waals surface area contributed by atoms with Crippen LogP contribution in [0.25, 0.3) is 0 Å². The molecule has 19 heavy (non-hydrogen) atoms. The second-order valence-electron chi connectivity index (χ2n) is 6.57. The largest absolute Gasteiger partial charge is 0.316 e. The first-order valence-electron chi connectivity index (χ1n) is 8.62. The maximum atomic E-state index is 3.62. The summed E-state index contributed by atoms with van der Waals surface area (Å²) in [6.07, 6.45) is 9.68. The molecule has 1 N–H and O–H groups in total. The van der Waals surface area contributed by atoms with Crippen LogP contribution in [0, 0.1) is 5.41 Å². The van der Waals surface area contributed by atoms with E-state index in [2.05, 4.69) is 37.9 Å². The van der Waals surface area contributed by atoms with Crippen molar-refractivity contribution in [3.8, 4) is 0 Å². The lowest BCUT2D eigenvalue weighted by Crippen LogP contribution is -2.46. The molecular formula is C17H36N2. The van der Waals surface area contributed by atoms with Crippen LogP contribution in [0.3, 0.4) is 0 Å². The molecule has 0 aromatic heterocycles. The Labute approximate surface area is 121 Å². The molecule has 0 spiro atoms. The van der Waals surface area contributed by atoms with Crippen molar-refractivity contribution in [2.24, 2.45) is 5.41 Å². The van der Waals surface area contributed by atoms with Crippen molar-refractivity contribution < 1.29 is 0 Å². The van der Waals surface area contributed by atoms with Crippen LogP contribution in [-0.4, -0.2) is 37.1 Å². The van der Waals surface area contributed by atoms with Gasteiger partial charge in [-0.2, -0.15) is 0 Å². The second kappa shape index (κ2) is 8.97. The van der Waals surface area contributed by atoms with E-state index < -0.39 is 0 Å². The van der Waals surface area contributed by atoms with Crippen molar-refractivity contribution in [3.63, 3.8) is 0 Å². The zero-order chi connectivity index (χ0) is 14.1. The fraction of sp³-hybridized carbons (Fsp3) is 1.00. The first kappa shape index (κ1) is 17.0. The van der Waals surface area contributed by atoms with Gasteiger partial charge in [0.05, 0.1) is 0 Å². The number of hydrogen-bond acceptors (Lipinski definition) is 2. The van der Waals surface area contributed by atoms with Crippen LogP contribution in [-0.2, 0) is 0 Å². The van der Waals surface area contributed by atoms with Crippen molar-refractivity contribution in [2.45, 2.75) is 78.7 Å². The maximum absolute atomic E-state index is 3.62. The molecule has 0 aliphatic heterocycles. The number of rotatable bonds is 10. The van der Waals surface area contributed by atoms with Crippen LogP contribution in [0.1, 0.15) is 72.6 Å². The molecule has 0 amide bonds. The minimum Gasteiger partial charge on any atom is -0.316 e. The van der Waals surface area contributed by atoms with Gasteiger partial charge in [0.2, 0.25) is 0 Å². The van der Waals surface area contributed by atoms with Gasteiger partial charge in [0.25, 0.3) is 0 Å². The van der Waals surface area contributed by atoms with Crippen LogP contribution in [0.2, 0.25) is 0 Å². The molecule has 0 aromatic rings. The highest BCUT2D eigenvalue weighted by molar-refractivity contribution is 4.90. The zero-order valence-electron chi connectivity index (χ0n) is 13.8. The topological polar surface area (TPSA) is 15.3 Å². The highest BCUT2D eigenvalue weighted by Crippen LogP contribution is 2.38. The fourth-order valence-electron chi connectivity index (χ4n) is 3.41. The van der Waals surface area contributed by atoms with Crippen LogP contribution in [0.4, 0.5) is 0 Å². The summed E-state index contributed by atoms with van der Waals surface area (Å²) in [6, 6.07) is 0.741. The standard InChI is InChI=1S/C17H36N2/c1-5-8-13-19(16(4)6-2)15-17(14-18-7-3)11-9-10-12-17/h16,18H,5-15H2,1-4H3. The minimum atomic E-state index is 0.563. The lowest BCUT2D eigenvalue weighted by atomic mass is 9.84. The highest BCUT2D eigenvalue weighted by atomic mass is 15.2. The van der Waals surface area contributed by atoms with Gasteiger partial charge in [-0.1, -0.05) is 40.0 Å². The molecule has 1 fully saturated rings. The third-order valence-corrected chi connectivity index (χ3v) is 4.97. The van der Waals surface area contributed by atoms with E-state index in [1.807, 2.05) is 0 Å². The van der Waals surface area contributed by atoms with E-state index in [1.54, 1.807) is 0 Å². The summed E-state index contributed by atoms with van der Waals surface area (Å²) in [7, 11) is 0. The predicted octanol–water partition coefficient (Wildman–Crippen LogP) is 4.06. The van der Waals surface area contributed by atoms with Gasteiger partial charge in [0.1, 0.15) is 0 Å². The summed E-state index contributed by atoms with van der Waals surface area (Å²) >= 11 is 0. The molecule has 0 bridgehead atoms. The van der Waals surface area contributed by atoms with Gasteiger partial charge >= 0.3 is 0 Å². The number of hydrogen-bond donors (Lipinski definition) is 1. The molecule has 1 atom stereocenters. The molecule has 1 rings (SSSR count). The van der Waals surface area contributed by atoms with Gasteiger partial charge in [-0.15, -0.1) is 0 Å². The number of nitrogens with zero attached hydrogens (tertiary/aromatic N) is 1. The number of unbranched alkanes of at least 4 members (excludes halogenated alkanes) is 1. The first-order valence-corrected chi connectivity index (χ1v) is 8.62. The van der Waals surface area contributed by atoms with Crippen LogP contribution in [0.15, 0.2) is 0 Å². The summed E-state index contributed by atoms with van der Waals surface area (Å²) in [5.74, 6) is 0. The van der Waals surface area contributed by atoms with Crippen LogP contribution in [0.5, 0.6) is 0 Å². The molecule has 114 valence electrons. The predicted molar refractivity (Wildman–Crippen MR) is 85.7 cm³/mol. The maximum Gasteiger partial charge on any atom is 0.00645 e. The van der Waals surface area contributed by atoms with E-state index in [0.717, 1.165) is 12.6 Å². The summed E-state index contributed by atoms with van der Waals surface area (Å²) in [5, 5.41) is 3.62. The summed E-state index contributed by atoms with van der Waals surface area (Å²) in [6.45, 7) is 14.2. The Hall–Kier alpha value is -0.0800. The summed E-state index contributed by atoms with van der Waals surface area (Å²) in [5.41, 5.74) is 0.563. The first-order chi connectivity index (χ1) is 9.17. The highest BCUT2D eigenvalue weighted by Gasteiger charge is 2.35. The Morgan fingerprint density at radius 1 is 1.16 bits per heavy atom. The normalized spacial score (nSPS) is 20.1. The van der Waals surface area contributed by atoms with Crippen LogP contribution >= 0.6 is 0 Å². The van der Waals surface area contributed by atoms with Gasteiger partial charge in [-0.05, 0) is 51.1 Å². The molecule has 0 aromatic carbocycles. The third-order valence-electron chi connectivity index (χ3n) is 4.97. The molecule has 2 nitrogen and oxygen atoms in total. The molecule has 0 radical (unpaired) electrons. The van der Waals surface area contributed by atoms with Gasteiger partial charge < -0.3 is 10.2 Å². The average Bonchev–Trinajstić information content (AvgIpc) is 2.89. The van der Waals surface area contributed by atoms with Crippen molar-refractivity contribution in [1.29, 1.82) is 0 Å². The van der Waals surface area contributed by atoms with E-state index in [-0.39, 0.29) is 0 Å². The van der Waals surface area contributed by atoms with E-state index in [4.69, 9.17) is 0 Å². The summed E-state index contributed by atoms with van der Waals surface area (Å²) in [4.78, 5) is 2.77. The molecule has 1 aliphatic carbocycles. The van der Waals surface area contributed by atoms with Crippen molar-refractivity contribution in [2.75, 3.05) is 26.2 Å². The lowest BCUT2D eigenvalue weighted by Gasteiger charge is -2.38. The Bertz CT molecular complexity index is 221. The van der Waals surface area contributed by atoms with Crippen molar-refractivity contribution >= 4 is 0 Å². The Morgan fingerprint density at radius 3 is 2.37 bits per heavy atom. The van der Waals surface area contributed by atoms with Gasteiger partial charge in [-0.3, -0.25) is 0 Å². The molecule has 1 saturated carbocycles. The molecule has 2 heteroatoms. The quantitative estimate of drug-likeness (QED) is 0.643. The Balaban J connectivity index is 2.61.